The summed E-state index contributed by atoms with van der Waals surface area (Å²) in [6, 6.07) is 56.5. The minimum Gasteiger partial charge on any atom is -0.382 e. The third-order valence-electron chi connectivity index (χ3n) is 12.0. The molecular formula is C60H43Cl3N12O2. The first-order chi connectivity index (χ1) is 37.7. The van der Waals surface area contributed by atoms with E-state index in [0.29, 0.717) is 43.7 Å². The molecule has 0 amide bonds. The average molecular weight is 1070 g/mol. The van der Waals surface area contributed by atoms with Gasteiger partial charge in [-0.15, -0.1) is 25.5 Å². The molecule has 0 bridgehead atoms. The van der Waals surface area contributed by atoms with Crippen molar-refractivity contribution in [1.82, 2.24) is 45.5 Å². The third kappa shape index (κ3) is 12.6. The second kappa shape index (κ2) is 24.4. The average Bonchev–Trinajstić information content (AvgIpc) is 3.49. The van der Waals surface area contributed by atoms with Gasteiger partial charge in [0.2, 0.25) is 5.78 Å². The molecule has 17 heteroatoms. The van der Waals surface area contributed by atoms with Gasteiger partial charge in [0.05, 0.1) is 5.69 Å². The highest BCUT2D eigenvalue weighted by molar-refractivity contribution is 6.31. The number of rotatable bonds is 12. The molecule has 0 saturated carbocycles. The zero-order valence-electron chi connectivity index (χ0n) is 40.6. The first-order valence-corrected chi connectivity index (χ1v) is 25.1. The molecule has 0 aliphatic heterocycles. The number of hydrogen-bond donors (Lipinski definition) is 4. The van der Waals surface area contributed by atoms with Gasteiger partial charge in [0.1, 0.15) is 17.5 Å². The molecule has 4 N–H and O–H groups in total. The number of pyridine rings is 3. The SMILES string of the molecule is Clc1ccc(Nc2nnc(Cc3ccncc3)c3ccccc23)cc1.O=C(c1ccncc1)c1nnc(Nc2ccc(Cl)cc2)c2ccccc12.OC(c1ccncc1)c1nnc(Nc2ccc(Cl)cc2)c2ccccc12. The van der Waals surface area contributed by atoms with Crippen molar-refractivity contribution < 1.29 is 9.90 Å². The Morgan fingerprint density at radius 2 is 0.805 bits per heavy atom. The highest BCUT2D eigenvalue weighted by Crippen LogP contribution is 2.33. The van der Waals surface area contributed by atoms with Gasteiger partial charge in [0, 0.05) is 114 Å². The summed E-state index contributed by atoms with van der Waals surface area (Å²) >= 11 is 17.8. The summed E-state index contributed by atoms with van der Waals surface area (Å²) in [6.45, 7) is 0. The largest absolute Gasteiger partial charge is 0.382 e. The molecule has 6 heterocycles. The number of anilines is 6. The fourth-order valence-electron chi connectivity index (χ4n) is 8.21. The maximum absolute atomic E-state index is 12.8. The standard InChI is InChI=1S/C20H15ClN4O.C20H13ClN4O.C20H15ClN4/c2*21-14-5-7-15(8-6-14)23-20-17-4-2-1-3-16(17)18(24-25-20)19(26)13-9-11-22-12-10-13;21-15-5-7-16(8-6-15)23-20-18-4-2-1-3-17(18)19(24-25-20)13-14-9-11-22-12-10-14/h1-12,19,26H,(H,23,25);1-12H,(H,23,25);1-12H,13H2,(H,23,25). The predicted molar refractivity (Wildman–Crippen MR) is 306 cm³/mol. The summed E-state index contributed by atoms with van der Waals surface area (Å²) in [5.74, 6) is 1.74. The number of halogens is 3. The molecule has 77 heavy (non-hydrogen) atoms. The van der Waals surface area contributed by atoms with Crippen LogP contribution in [0.4, 0.5) is 34.5 Å². The van der Waals surface area contributed by atoms with E-state index in [1.807, 2.05) is 121 Å². The zero-order valence-corrected chi connectivity index (χ0v) is 42.9. The number of nitrogens with one attached hydrogen (secondary N) is 3. The summed E-state index contributed by atoms with van der Waals surface area (Å²) in [5, 5.41) is 53.8. The number of fused-ring (bicyclic) bond motifs is 3. The van der Waals surface area contributed by atoms with Gasteiger partial charge in [-0.05, 0) is 120 Å². The maximum atomic E-state index is 12.8. The molecule has 0 saturated heterocycles. The molecule has 0 fully saturated rings. The van der Waals surface area contributed by atoms with Crippen molar-refractivity contribution in [2.45, 2.75) is 12.5 Å². The fraction of sp³-hybridized carbons (Fsp3) is 0.0333. The Labute approximate surface area is 456 Å². The molecule has 1 atom stereocenters. The summed E-state index contributed by atoms with van der Waals surface area (Å²) < 4.78 is 0. The van der Waals surface area contributed by atoms with Crippen molar-refractivity contribution in [3.05, 3.63) is 268 Å². The van der Waals surface area contributed by atoms with Crippen LogP contribution >= 0.6 is 34.8 Å². The first kappa shape index (κ1) is 51.2. The van der Waals surface area contributed by atoms with E-state index in [0.717, 1.165) is 78.4 Å². The molecular weight excluding hydrogens is 1030 g/mol. The number of carbonyl (C=O) groups excluding carboxylic acids is 1. The van der Waals surface area contributed by atoms with Crippen molar-refractivity contribution >= 4 is 107 Å². The van der Waals surface area contributed by atoms with Gasteiger partial charge in [0.25, 0.3) is 0 Å². The number of aliphatic hydroxyl groups is 1. The van der Waals surface area contributed by atoms with Crippen molar-refractivity contribution in [3.8, 4) is 0 Å². The van der Waals surface area contributed by atoms with Crippen LogP contribution in [-0.2, 0) is 6.42 Å². The molecule has 0 spiro atoms. The van der Waals surface area contributed by atoms with Gasteiger partial charge in [-0.25, -0.2) is 0 Å². The molecule has 14 nitrogen and oxygen atoms in total. The molecule has 376 valence electrons. The maximum Gasteiger partial charge on any atom is 0.213 e. The van der Waals surface area contributed by atoms with Gasteiger partial charge in [-0.2, -0.15) is 5.10 Å². The van der Waals surface area contributed by atoms with Crippen LogP contribution in [0.25, 0.3) is 32.3 Å². The van der Waals surface area contributed by atoms with E-state index in [9.17, 15) is 9.90 Å². The van der Waals surface area contributed by atoms with Crippen molar-refractivity contribution in [2.75, 3.05) is 16.0 Å². The zero-order chi connectivity index (χ0) is 52.9. The molecule has 0 aliphatic rings. The van der Waals surface area contributed by atoms with Crippen molar-refractivity contribution in [1.29, 1.82) is 0 Å². The quantitative estimate of drug-likeness (QED) is 0.0846. The van der Waals surface area contributed by atoms with Crippen LogP contribution in [0.15, 0.2) is 219 Å². The smallest absolute Gasteiger partial charge is 0.213 e. The van der Waals surface area contributed by atoms with Crippen LogP contribution in [-0.4, -0.2) is 56.4 Å². The number of benzene rings is 6. The minimum atomic E-state index is -0.875. The normalized spacial score (nSPS) is 11.2. The van der Waals surface area contributed by atoms with Gasteiger partial charge >= 0.3 is 0 Å². The highest BCUT2D eigenvalue weighted by atomic mass is 35.5. The lowest BCUT2D eigenvalue weighted by molar-refractivity contribution is 0.103. The lowest BCUT2D eigenvalue weighted by atomic mass is 10.0. The Morgan fingerprint density at radius 3 is 1.31 bits per heavy atom. The Bertz CT molecular complexity index is 3940. The Kier molecular flexibility index (Phi) is 16.2. The summed E-state index contributed by atoms with van der Waals surface area (Å²) in [5.41, 5.74) is 6.79. The minimum absolute atomic E-state index is 0.186. The van der Waals surface area contributed by atoms with Crippen LogP contribution in [0.5, 0.6) is 0 Å². The van der Waals surface area contributed by atoms with E-state index in [2.05, 4.69) is 73.6 Å². The van der Waals surface area contributed by atoms with Crippen LogP contribution in [0.3, 0.4) is 0 Å². The van der Waals surface area contributed by atoms with E-state index in [1.54, 1.807) is 85.7 Å². The summed E-state index contributed by atoms with van der Waals surface area (Å²) in [7, 11) is 0. The molecule has 6 aromatic heterocycles. The Hall–Kier alpha value is -9.31. The summed E-state index contributed by atoms with van der Waals surface area (Å²) in [4.78, 5) is 24.8. The molecule has 0 radical (unpaired) electrons. The van der Waals surface area contributed by atoms with E-state index < -0.39 is 6.10 Å². The predicted octanol–water partition coefficient (Wildman–Crippen LogP) is 14.2. The molecule has 6 aromatic carbocycles. The van der Waals surface area contributed by atoms with Gasteiger partial charge < -0.3 is 21.1 Å². The van der Waals surface area contributed by atoms with Gasteiger partial charge in [-0.1, -0.05) is 108 Å². The van der Waals surface area contributed by atoms with Crippen molar-refractivity contribution in [2.24, 2.45) is 0 Å². The number of ketones is 1. The van der Waals surface area contributed by atoms with Gasteiger partial charge in [0.15, 0.2) is 17.5 Å². The second-order valence-corrected chi connectivity index (χ2v) is 18.4. The van der Waals surface area contributed by atoms with Crippen LogP contribution in [0.2, 0.25) is 15.1 Å². The molecule has 0 aliphatic carbocycles. The Morgan fingerprint density at radius 1 is 0.416 bits per heavy atom. The number of aromatic nitrogens is 9. The van der Waals surface area contributed by atoms with E-state index >= 15 is 0 Å². The van der Waals surface area contributed by atoms with Gasteiger partial charge in [-0.3, -0.25) is 19.7 Å². The fourth-order valence-corrected chi connectivity index (χ4v) is 8.59. The Balaban J connectivity index is 0.000000131. The lowest BCUT2D eigenvalue weighted by Crippen LogP contribution is -2.08. The topological polar surface area (TPSA) is 189 Å². The van der Waals surface area contributed by atoms with Crippen molar-refractivity contribution in [3.63, 3.8) is 0 Å². The molecule has 12 rings (SSSR count). The second-order valence-electron chi connectivity index (χ2n) is 17.1. The summed E-state index contributed by atoms with van der Waals surface area (Å²) in [6.07, 6.45) is 9.88. The third-order valence-corrected chi connectivity index (χ3v) is 12.8. The molecule has 12 aromatic rings. The lowest BCUT2D eigenvalue weighted by Gasteiger charge is -2.15. The number of hydrogen-bond acceptors (Lipinski definition) is 14. The number of carbonyl (C=O) groups is 1. The number of nitrogens with zero attached hydrogens (tertiary/aromatic N) is 9. The van der Waals surface area contributed by atoms with Crippen LogP contribution < -0.4 is 16.0 Å². The monoisotopic (exact) mass is 1070 g/mol. The highest BCUT2D eigenvalue weighted by Gasteiger charge is 2.20. The van der Waals surface area contributed by atoms with Crippen LogP contribution in [0.1, 0.15) is 44.7 Å². The molecule has 1 unspecified atom stereocenters. The van der Waals surface area contributed by atoms with E-state index in [4.69, 9.17) is 34.8 Å². The van der Waals surface area contributed by atoms with E-state index in [-0.39, 0.29) is 5.78 Å². The van der Waals surface area contributed by atoms with E-state index in [1.165, 1.54) is 0 Å². The first-order valence-electron chi connectivity index (χ1n) is 24.0. The van der Waals surface area contributed by atoms with Crippen LogP contribution in [0, 0.1) is 0 Å². The number of aliphatic hydroxyl groups excluding tert-OH is 1.